The first-order valence-corrected chi connectivity index (χ1v) is 6.59. The number of hydrogen-bond acceptors (Lipinski definition) is 1. The molecule has 96 valence electrons. The lowest BCUT2D eigenvalue weighted by Gasteiger charge is -2.11. The van der Waals surface area contributed by atoms with Crippen LogP contribution in [0.1, 0.15) is 30.2 Å². The van der Waals surface area contributed by atoms with E-state index in [1.165, 1.54) is 12.1 Å². The van der Waals surface area contributed by atoms with Gasteiger partial charge in [-0.05, 0) is 37.1 Å². The molecule has 0 aliphatic heterocycles. The third kappa shape index (κ3) is 2.41. The smallest absolute Gasteiger partial charge is 0.123 e. The summed E-state index contributed by atoms with van der Waals surface area (Å²) in [4.78, 5) is 0. The van der Waals surface area contributed by atoms with Gasteiger partial charge in [-0.1, -0.05) is 13.3 Å². The van der Waals surface area contributed by atoms with E-state index >= 15 is 0 Å². The summed E-state index contributed by atoms with van der Waals surface area (Å²) in [6.45, 7) is 4.00. The summed E-state index contributed by atoms with van der Waals surface area (Å²) in [5.74, 6) is 0.230. The predicted molar refractivity (Wildman–Crippen MR) is 71.8 cm³/mol. The summed E-state index contributed by atoms with van der Waals surface area (Å²) in [6, 6.07) is 4.74. The van der Waals surface area contributed by atoms with Crippen LogP contribution in [0.2, 0.25) is 0 Å². The van der Waals surface area contributed by atoms with Crippen LogP contribution in [0.15, 0.2) is 24.4 Å². The molecule has 0 saturated carbocycles. The third-order valence-electron chi connectivity index (χ3n) is 2.97. The summed E-state index contributed by atoms with van der Waals surface area (Å²) in [6.07, 6.45) is 3.73. The molecule has 0 amide bonds. The molecule has 0 saturated heterocycles. The van der Waals surface area contributed by atoms with Crippen LogP contribution in [-0.2, 0) is 12.3 Å². The Morgan fingerprint density at radius 2 is 2.17 bits per heavy atom. The minimum absolute atomic E-state index is 0.224. The van der Waals surface area contributed by atoms with Gasteiger partial charge in [0, 0.05) is 11.3 Å². The molecule has 0 radical (unpaired) electrons. The highest BCUT2D eigenvalue weighted by molar-refractivity contribution is 6.17. The fourth-order valence-corrected chi connectivity index (χ4v) is 2.31. The summed E-state index contributed by atoms with van der Waals surface area (Å²) in [7, 11) is 0. The summed E-state index contributed by atoms with van der Waals surface area (Å²) in [5.41, 5.74) is 3.94. The molecule has 2 rings (SSSR count). The molecule has 0 unspecified atom stereocenters. The zero-order chi connectivity index (χ0) is 13.1. The first-order chi connectivity index (χ1) is 8.67. The van der Waals surface area contributed by atoms with Crippen molar-refractivity contribution in [1.29, 1.82) is 0 Å². The SMILES string of the molecule is CCCc1c(CCl)cnn1-c1ccc(F)cc1C. The van der Waals surface area contributed by atoms with Crippen molar-refractivity contribution in [1.82, 2.24) is 9.78 Å². The Bertz CT molecular complexity index is 549. The topological polar surface area (TPSA) is 17.8 Å². The van der Waals surface area contributed by atoms with Gasteiger partial charge < -0.3 is 0 Å². The van der Waals surface area contributed by atoms with Crippen molar-refractivity contribution >= 4 is 11.6 Å². The second kappa shape index (κ2) is 5.53. The zero-order valence-electron chi connectivity index (χ0n) is 10.6. The van der Waals surface area contributed by atoms with Gasteiger partial charge in [-0.3, -0.25) is 0 Å². The van der Waals surface area contributed by atoms with Crippen LogP contribution in [0.5, 0.6) is 0 Å². The van der Waals surface area contributed by atoms with Crippen LogP contribution in [0, 0.1) is 12.7 Å². The van der Waals surface area contributed by atoms with Crippen LogP contribution in [0.4, 0.5) is 4.39 Å². The lowest BCUT2D eigenvalue weighted by Crippen LogP contribution is -2.05. The molecule has 1 aromatic heterocycles. The number of hydrogen-bond donors (Lipinski definition) is 0. The number of aryl methyl sites for hydroxylation is 1. The monoisotopic (exact) mass is 266 g/mol. The zero-order valence-corrected chi connectivity index (χ0v) is 11.3. The molecule has 18 heavy (non-hydrogen) atoms. The molecular formula is C14H16ClFN2. The minimum Gasteiger partial charge on any atom is -0.237 e. The highest BCUT2D eigenvalue weighted by Crippen LogP contribution is 2.21. The van der Waals surface area contributed by atoms with E-state index in [1.807, 2.05) is 11.6 Å². The Kier molecular flexibility index (Phi) is 4.02. The first-order valence-electron chi connectivity index (χ1n) is 6.05. The summed E-state index contributed by atoms with van der Waals surface area (Å²) < 4.78 is 15.0. The molecule has 0 bridgehead atoms. The average molecular weight is 267 g/mol. The normalized spacial score (nSPS) is 10.9. The van der Waals surface area contributed by atoms with Crippen LogP contribution < -0.4 is 0 Å². The maximum absolute atomic E-state index is 13.1. The Morgan fingerprint density at radius 1 is 1.39 bits per heavy atom. The molecule has 4 heteroatoms. The summed E-state index contributed by atoms with van der Waals surface area (Å²) in [5, 5.41) is 4.38. The van der Waals surface area contributed by atoms with Crippen molar-refractivity contribution in [2.75, 3.05) is 0 Å². The Hall–Kier alpha value is -1.35. The van der Waals surface area contributed by atoms with Crippen molar-refractivity contribution in [3.8, 4) is 5.69 Å². The number of alkyl halides is 1. The minimum atomic E-state index is -0.224. The number of nitrogens with zero attached hydrogens (tertiary/aromatic N) is 2. The van der Waals surface area contributed by atoms with Crippen molar-refractivity contribution in [3.05, 3.63) is 47.0 Å². The Balaban J connectivity index is 2.52. The van der Waals surface area contributed by atoms with Gasteiger partial charge >= 0.3 is 0 Å². The van der Waals surface area contributed by atoms with Gasteiger partial charge in [-0.2, -0.15) is 5.10 Å². The first kappa shape index (κ1) is 13.1. The van der Waals surface area contributed by atoms with E-state index in [9.17, 15) is 4.39 Å². The fraction of sp³-hybridized carbons (Fsp3) is 0.357. The van der Waals surface area contributed by atoms with Crippen LogP contribution in [0.3, 0.4) is 0 Å². The third-order valence-corrected chi connectivity index (χ3v) is 3.26. The number of rotatable bonds is 4. The van der Waals surface area contributed by atoms with E-state index in [2.05, 4.69) is 12.0 Å². The molecule has 1 heterocycles. The van der Waals surface area contributed by atoms with Gasteiger partial charge in [0.05, 0.1) is 17.8 Å². The molecule has 2 aromatic rings. The van der Waals surface area contributed by atoms with Crippen molar-refractivity contribution in [2.24, 2.45) is 0 Å². The van der Waals surface area contributed by atoms with Gasteiger partial charge in [0.2, 0.25) is 0 Å². The fourth-order valence-electron chi connectivity index (χ4n) is 2.09. The van der Waals surface area contributed by atoms with E-state index in [1.54, 1.807) is 12.3 Å². The lowest BCUT2D eigenvalue weighted by atomic mass is 10.1. The quantitative estimate of drug-likeness (QED) is 0.765. The summed E-state index contributed by atoms with van der Waals surface area (Å²) >= 11 is 5.92. The molecule has 0 spiro atoms. The number of halogens is 2. The molecule has 0 atom stereocenters. The molecule has 0 aliphatic carbocycles. The average Bonchev–Trinajstić information content (AvgIpc) is 2.73. The van der Waals surface area contributed by atoms with Gasteiger partial charge in [0.25, 0.3) is 0 Å². The van der Waals surface area contributed by atoms with Gasteiger partial charge in [0.15, 0.2) is 0 Å². The predicted octanol–water partition coefficient (Wildman–Crippen LogP) is 4.01. The van der Waals surface area contributed by atoms with Crippen molar-refractivity contribution in [2.45, 2.75) is 32.6 Å². The second-order valence-corrected chi connectivity index (χ2v) is 4.61. The number of aromatic nitrogens is 2. The molecule has 0 N–H and O–H groups in total. The molecule has 2 nitrogen and oxygen atoms in total. The lowest BCUT2D eigenvalue weighted by molar-refractivity contribution is 0.625. The van der Waals surface area contributed by atoms with Crippen LogP contribution >= 0.6 is 11.6 Å². The Labute approximate surface area is 111 Å². The van der Waals surface area contributed by atoms with E-state index in [0.717, 1.165) is 35.3 Å². The van der Waals surface area contributed by atoms with Crippen LogP contribution in [0.25, 0.3) is 5.69 Å². The Morgan fingerprint density at radius 3 is 2.78 bits per heavy atom. The molecule has 0 aliphatic rings. The van der Waals surface area contributed by atoms with E-state index in [0.29, 0.717) is 5.88 Å². The van der Waals surface area contributed by atoms with Crippen molar-refractivity contribution < 1.29 is 4.39 Å². The van der Waals surface area contributed by atoms with E-state index in [4.69, 9.17) is 11.6 Å². The molecular weight excluding hydrogens is 251 g/mol. The van der Waals surface area contributed by atoms with Gasteiger partial charge in [0.1, 0.15) is 5.82 Å². The maximum Gasteiger partial charge on any atom is 0.123 e. The molecule has 0 fully saturated rings. The second-order valence-electron chi connectivity index (χ2n) is 4.34. The highest BCUT2D eigenvalue weighted by atomic mass is 35.5. The van der Waals surface area contributed by atoms with Gasteiger partial charge in [-0.25, -0.2) is 9.07 Å². The van der Waals surface area contributed by atoms with E-state index in [-0.39, 0.29) is 5.82 Å². The maximum atomic E-state index is 13.1. The highest BCUT2D eigenvalue weighted by Gasteiger charge is 2.12. The number of benzene rings is 1. The van der Waals surface area contributed by atoms with E-state index < -0.39 is 0 Å². The van der Waals surface area contributed by atoms with Crippen molar-refractivity contribution in [3.63, 3.8) is 0 Å². The molecule has 1 aromatic carbocycles. The standard InChI is InChI=1S/C14H16ClFN2/c1-3-4-14-11(8-15)9-17-18(14)13-6-5-12(16)7-10(13)2/h5-7,9H,3-4,8H2,1-2H3. The van der Waals surface area contributed by atoms with Crippen LogP contribution in [-0.4, -0.2) is 9.78 Å². The van der Waals surface area contributed by atoms with Gasteiger partial charge in [-0.15, -0.1) is 11.6 Å². The largest absolute Gasteiger partial charge is 0.237 e.